The Morgan fingerprint density at radius 1 is 1.20 bits per heavy atom. The molecule has 0 spiro atoms. The minimum absolute atomic E-state index is 0.0966. The van der Waals surface area contributed by atoms with Gasteiger partial charge >= 0.3 is 5.97 Å². The zero-order valence-electron chi connectivity index (χ0n) is 13.7. The lowest BCUT2D eigenvalue weighted by atomic mass is 10.1. The van der Waals surface area contributed by atoms with Crippen LogP contribution in [0.2, 0.25) is 5.15 Å². The molecule has 0 radical (unpaired) electrons. The van der Waals surface area contributed by atoms with Crippen LogP contribution in [0.1, 0.15) is 28.9 Å². The van der Waals surface area contributed by atoms with Gasteiger partial charge in [-0.2, -0.15) is 0 Å². The molecule has 5 nitrogen and oxygen atoms in total. The summed E-state index contributed by atoms with van der Waals surface area (Å²) in [6.07, 6.45) is -0.590. The maximum absolute atomic E-state index is 12.5. The lowest BCUT2D eigenvalue weighted by molar-refractivity contribution is 0.0334. The molecule has 0 fully saturated rings. The van der Waals surface area contributed by atoms with Crippen LogP contribution in [-0.4, -0.2) is 23.2 Å². The van der Waals surface area contributed by atoms with Crippen LogP contribution in [0.3, 0.4) is 0 Å². The summed E-state index contributed by atoms with van der Waals surface area (Å²) in [5.41, 5.74) is 0.753. The molecule has 0 saturated heterocycles. The van der Waals surface area contributed by atoms with Crippen LogP contribution in [0.5, 0.6) is 11.6 Å². The van der Waals surface area contributed by atoms with Gasteiger partial charge in [0.05, 0.1) is 7.11 Å². The third-order valence-corrected chi connectivity index (χ3v) is 4.07. The van der Waals surface area contributed by atoms with Crippen molar-refractivity contribution in [2.45, 2.75) is 13.0 Å². The third-order valence-electron chi connectivity index (χ3n) is 3.88. The number of ether oxygens (including phenoxy) is 2. The van der Waals surface area contributed by atoms with Crippen molar-refractivity contribution >= 4 is 28.3 Å². The Bertz CT molecular complexity index is 942. The van der Waals surface area contributed by atoms with Crippen molar-refractivity contribution in [2.24, 2.45) is 0 Å². The van der Waals surface area contributed by atoms with E-state index < -0.39 is 12.1 Å². The average molecular weight is 358 g/mol. The average Bonchev–Trinajstić information content (AvgIpc) is 2.61. The first-order valence-corrected chi connectivity index (χ1v) is 8.00. The number of methoxy groups -OCH3 is 1. The molecule has 0 saturated carbocycles. The van der Waals surface area contributed by atoms with Crippen LogP contribution in [0.4, 0.5) is 0 Å². The Morgan fingerprint density at radius 2 is 1.96 bits per heavy atom. The number of halogens is 1. The molecule has 0 bridgehead atoms. The predicted octanol–water partition coefficient (Wildman–Crippen LogP) is 4.52. The SMILES string of the molecule is COc1cc([C@H](C)OC(=O)c2ccc3ccccc3c2O)cc(Cl)n1. The highest BCUT2D eigenvalue weighted by Crippen LogP contribution is 2.31. The second-order valence-corrected chi connectivity index (χ2v) is 5.88. The number of aromatic hydroxyl groups is 1. The van der Waals surface area contributed by atoms with E-state index in [-0.39, 0.29) is 16.5 Å². The van der Waals surface area contributed by atoms with Crippen molar-refractivity contribution in [1.82, 2.24) is 4.98 Å². The Labute approximate surface area is 149 Å². The number of benzene rings is 2. The smallest absolute Gasteiger partial charge is 0.342 e. The quantitative estimate of drug-likeness (QED) is 0.549. The topological polar surface area (TPSA) is 68.7 Å². The molecule has 0 amide bonds. The number of esters is 1. The normalized spacial score (nSPS) is 12.0. The summed E-state index contributed by atoms with van der Waals surface area (Å²) in [6, 6.07) is 13.8. The molecule has 1 atom stereocenters. The summed E-state index contributed by atoms with van der Waals surface area (Å²) in [7, 11) is 1.48. The molecule has 3 aromatic rings. The molecule has 128 valence electrons. The number of carbonyl (C=O) groups excluding carboxylic acids is 1. The molecule has 0 aliphatic carbocycles. The molecule has 25 heavy (non-hydrogen) atoms. The number of phenolic OH excluding ortho intramolecular Hbond substituents is 1. The van der Waals surface area contributed by atoms with Gasteiger partial charge in [0.25, 0.3) is 0 Å². The minimum atomic E-state index is -0.623. The molecular weight excluding hydrogens is 342 g/mol. The van der Waals surface area contributed by atoms with Gasteiger partial charge in [-0.1, -0.05) is 41.9 Å². The summed E-state index contributed by atoms with van der Waals surface area (Å²) in [5, 5.41) is 12.1. The van der Waals surface area contributed by atoms with Crippen LogP contribution >= 0.6 is 11.6 Å². The van der Waals surface area contributed by atoms with Gasteiger partial charge < -0.3 is 14.6 Å². The Balaban J connectivity index is 1.87. The number of carbonyl (C=O) groups is 1. The summed E-state index contributed by atoms with van der Waals surface area (Å²) in [4.78, 5) is 16.5. The molecule has 0 aliphatic rings. The Hall–Kier alpha value is -2.79. The van der Waals surface area contributed by atoms with Crippen molar-refractivity contribution in [3.05, 3.63) is 64.8 Å². The predicted molar refractivity (Wildman–Crippen MR) is 95.2 cm³/mol. The van der Waals surface area contributed by atoms with Crippen LogP contribution in [0, 0.1) is 0 Å². The third kappa shape index (κ3) is 3.51. The molecule has 1 aromatic heterocycles. The van der Waals surface area contributed by atoms with E-state index in [1.165, 1.54) is 7.11 Å². The van der Waals surface area contributed by atoms with Gasteiger partial charge in [0.15, 0.2) is 0 Å². The lowest BCUT2D eigenvalue weighted by Gasteiger charge is -2.15. The van der Waals surface area contributed by atoms with Crippen LogP contribution < -0.4 is 4.74 Å². The van der Waals surface area contributed by atoms with Crippen LogP contribution in [0.15, 0.2) is 48.5 Å². The van der Waals surface area contributed by atoms with Crippen molar-refractivity contribution in [3.8, 4) is 11.6 Å². The minimum Gasteiger partial charge on any atom is -0.506 e. The first-order valence-electron chi connectivity index (χ1n) is 7.62. The van der Waals surface area contributed by atoms with Gasteiger partial charge in [-0.15, -0.1) is 0 Å². The maximum Gasteiger partial charge on any atom is 0.342 e. The lowest BCUT2D eigenvalue weighted by Crippen LogP contribution is -2.10. The summed E-state index contributed by atoms with van der Waals surface area (Å²) in [6.45, 7) is 1.71. The van der Waals surface area contributed by atoms with E-state index in [1.54, 1.807) is 43.3 Å². The van der Waals surface area contributed by atoms with E-state index in [4.69, 9.17) is 21.1 Å². The van der Waals surface area contributed by atoms with Crippen molar-refractivity contribution in [1.29, 1.82) is 0 Å². The largest absolute Gasteiger partial charge is 0.506 e. The number of fused-ring (bicyclic) bond motifs is 1. The van der Waals surface area contributed by atoms with E-state index in [0.717, 1.165) is 5.39 Å². The van der Waals surface area contributed by atoms with Crippen LogP contribution in [0.25, 0.3) is 10.8 Å². The van der Waals surface area contributed by atoms with Crippen LogP contribution in [-0.2, 0) is 4.74 Å². The molecule has 0 unspecified atom stereocenters. The van der Waals surface area contributed by atoms with Gasteiger partial charge in [-0.25, -0.2) is 9.78 Å². The molecular formula is C19H16ClNO4. The molecule has 6 heteroatoms. The van der Waals surface area contributed by atoms with Gasteiger partial charge in [0, 0.05) is 17.0 Å². The van der Waals surface area contributed by atoms with Gasteiger partial charge in [0.1, 0.15) is 22.6 Å². The Morgan fingerprint density at radius 3 is 2.72 bits per heavy atom. The fourth-order valence-corrected chi connectivity index (χ4v) is 2.75. The fraction of sp³-hybridized carbons (Fsp3) is 0.158. The van der Waals surface area contributed by atoms with E-state index in [0.29, 0.717) is 16.8 Å². The molecule has 2 aromatic carbocycles. The fourth-order valence-electron chi connectivity index (χ4n) is 2.54. The summed E-state index contributed by atoms with van der Waals surface area (Å²) < 4.78 is 10.5. The zero-order valence-corrected chi connectivity index (χ0v) is 14.4. The van der Waals surface area contributed by atoms with Crippen molar-refractivity contribution < 1.29 is 19.4 Å². The van der Waals surface area contributed by atoms with E-state index in [9.17, 15) is 9.90 Å². The van der Waals surface area contributed by atoms with E-state index in [1.807, 2.05) is 12.1 Å². The second-order valence-electron chi connectivity index (χ2n) is 5.50. The first-order chi connectivity index (χ1) is 12.0. The Kier molecular flexibility index (Phi) is 4.76. The van der Waals surface area contributed by atoms with Gasteiger partial charge in [-0.05, 0) is 24.4 Å². The van der Waals surface area contributed by atoms with Gasteiger partial charge in [-0.3, -0.25) is 0 Å². The van der Waals surface area contributed by atoms with E-state index >= 15 is 0 Å². The van der Waals surface area contributed by atoms with Crippen molar-refractivity contribution in [2.75, 3.05) is 7.11 Å². The number of hydrogen-bond acceptors (Lipinski definition) is 5. The number of pyridine rings is 1. The summed E-state index contributed by atoms with van der Waals surface area (Å²) in [5.74, 6) is -0.387. The molecule has 1 N–H and O–H groups in total. The highest BCUT2D eigenvalue weighted by atomic mass is 35.5. The molecule has 0 aliphatic heterocycles. The summed E-state index contributed by atoms with van der Waals surface area (Å²) >= 11 is 5.95. The zero-order chi connectivity index (χ0) is 18.0. The first kappa shape index (κ1) is 17.0. The number of aromatic nitrogens is 1. The standard InChI is InChI=1S/C19H16ClNO4/c1-11(13-9-16(20)21-17(10-13)24-2)25-19(23)15-8-7-12-5-3-4-6-14(12)18(15)22/h3-11,22H,1-2H3/t11-/m0/s1. The number of hydrogen-bond donors (Lipinski definition) is 1. The molecule has 1 heterocycles. The monoisotopic (exact) mass is 357 g/mol. The molecule has 3 rings (SSSR count). The number of rotatable bonds is 4. The highest BCUT2D eigenvalue weighted by Gasteiger charge is 2.19. The van der Waals surface area contributed by atoms with E-state index in [2.05, 4.69) is 4.98 Å². The highest BCUT2D eigenvalue weighted by molar-refractivity contribution is 6.29. The second kappa shape index (κ2) is 6.99. The van der Waals surface area contributed by atoms with Gasteiger partial charge in [0.2, 0.25) is 5.88 Å². The number of nitrogens with zero attached hydrogens (tertiary/aromatic N) is 1. The van der Waals surface area contributed by atoms with Crippen molar-refractivity contribution in [3.63, 3.8) is 0 Å². The maximum atomic E-state index is 12.5. The number of phenols is 1.